The average Bonchev–Trinajstić information content (AvgIpc) is 0.841. The first-order valence-electron chi connectivity index (χ1n) is 27.4. The molecule has 44 heteroatoms. The van der Waals surface area contributed by atoms with Crippen LogP contribution in [0.25, 0.3) is 0 Å². The van der Waals surface area contributed by atoms with Crippen LogP contribution in [0.3, 0.4) is 0 Å². The van der Waals surface area contributed by atoms with E-state index in [2.05, 4.69) is 59.8 Å². The maximum absolute atomic E-state index is 11.8. The largest absolute Gasteiger partial charge is 3.00 e. The topological polar surface area (TPSA) is 661 Å². The van der Waals surface area contributed by atoms with Gasteiger partial charge in [0.25, 0.3) is 0 Å². The zero-order valence-corrected chi connectivity index (χ0v) is 61.5. The number of rotatable bonds is 8. The normalized spacial score (nSPS) is 8.96. The minimum atomic E-state index is -2.64. The summed E-state index contributed by atoms with van der Waals surface area (Å²) in [5.41, 5.74) is -0.528. The van der Waals surface area contributed by atoms with Crippen LogP contribution in [-0.2, 0) is 137 Å². The van der Waals surface area contributed by atoms with Gasteiger partial charge in [-0.15, -0.1) is 23.1 Å². The monoisotopic (exact) mass is 1730 g/mol. The molecule has 12 heterocycles. The maximum Gasteiger partial charge on any atom is 3.00 e. The molecule has 2 radical (unpaired) electrons. The van der Waals surface area contributed by atoms with E-state index in [1.807, 2.05) is 72.8 Å². The second-order valence-electron chi connectivity index (χ2n) is 17.2. The molecule has 0 N–H and O–H groups in total. The summed E-state index contributed by atoms with van der Waals surface area (Å²) in [7, 11) is 0. The fourth-order valence-electron chi connectivity index (χ4n) is 6.23. The van der Waals surface area contributed by atoms with E-state index in [4.69, 9.17) is 61.3 Å². The van der Waals surface area contributed by atoms with E-state index in [1.165, 1.54) is 98.1 Å². The Morgan fingerprint density at radius 3 is 0.343 bits per heavy atom. The molecule has 0 aromatic carbocycles. The quantitative estimate of drug-likeness (QED) is 0.0875. The molecular formula is C64H52Mn6N16O22. The molecule has 0 atom stereocenters. The van der Waals surface area contributed by atoms with Gasteiger partial charge in [-0.1, -0.05) is 72.8 Å². The molecule has 0 amide bonds. The van der Waals surface area contributed by atoms with Crippen LogP contribution in [0.5, 0.6) is 0 Å². The standard InChI is InChI=1S/4C11H8N2O2.4C5H5N.6Mn.4NO3.2O/c4*14-11(15,9-5-1-3-7-12-9)10-6-2-4-8-13-10;4*1-2-4-6-5-3-1;;;;;;;4*2-1(3)4;;/h4*1-8H;4*1-5H;;;;;;;;;;;;/q4*-2;;;;;2*+2;4*+3;4*-1;2*-2. The Balaban J connectivity index is -0.000000173. The Hall–Kier alpha value is -10.7. The summed E-state index contributed by atoms with van der Waals surface area (Å²) in [5, 5.41) is 154. The van der Waals surface area contributed by atoms with Crippen molar-refractivity contribution in [1.82, 2.24) is 59.8 Å². The van der Waals surface area contributed by atoms with Crippen LogP contribution in [0.4, 0.5) is 0 Å². The SMILES string of the molecule is O=[N+]([O-])[O-].O=[N+]([O-])[O-].O=[N+]([O-])[O-].O=[N+]([O-])[O-].[Mn+2].[Mn+2].[Mn+3].[Mn+3].[Mn+3].[Mn+3].[O-2].[O-2].[O-]C([O-])(c1ccccn1)c1ccccn1.[O-]C([O-])(c1ccccn1)c1ccccn1.[O-]C([O-])(c1ccccn1)c1ccccn1.[O-]C([O-])(c1ccccn1)c1ccccn1.c1ccncc1.c1ccncc1.c1ccncc1.c1ccncc1. The minimum Gasteiger partial charge on any atom is -2.00 e. The second kappa shape index (κ2) is 68.1. The fourth-order valence-corrected chi connectivity index (χ4v) is 6.23. The molecule has 0 fully saturated rings. The molecule has 0 saturated carbocycles. The van der Waals surface area contributed by atoms with Crippen molar-refractivity contribution in [1.29, 1.82) is 0 Å². The van der Waals surface area contributed by atoms with Gasteiger partial charge in [0.15, 0.2) is 0 Å². The fraction of sp³-hybridized carbons (Fsp3) is 0.0625. The van der Waals surface area contributed by atoms with Gasteiger partial charge in [-0.05, 0) is 146 Å². The van der Waals surface area contributed by atoms with Gasteiger partial charge in [-0.2, -0.15) is 0 Å². The number of hydrogen-bond acceptors (Lipinski definition) is 32. The molecule has 0 unspecified atom stereocenters. The molecule has 0 aliphatic heterocycles. The van der Waals surface area contributed by atoms with E-state index in [0.29, 0.717) is 0 Å². The molecule has 12 rings (SSSR count). The van der Waals surface area contributed by atoms with Crippen molar-refractivity contribution >= 4 is 0 Å². The average molecular weight is 1730 g/mol. The van der Waals surface area contributed by atoms with Gasteiger partial charge in [-0.25, -0.2) is 0 Å². The van der Waals surface area contributed by atoms with Gasteiger partial charge in [0.1, 0.15) is 0 Å². The first-order chi connectivity index (χ1) is 47.8. The van der Waals surface area contributed by atoms with Crippen LogP contribution in [0, 0.1) is 61.3 Å². The Bertz CT molecular complexity index is 3180. The van der Waals surface area contributed by atoms with Crippen molar-refractivity contribution in [2.75, 3.05) is 0 Å². The maximum atomic E-state index is 11.8. The van der Waals surface area contributed by atoms with Crippen LogP contribution in [0.15, 0.2) is 318 Å². The smallest absolute Gasteiger partial charge is 2.00 e. The zero-order chi connectivity index (χ0) is 74.2. The zero-order valence-electron chi connectivity index (χ0n) is 54.4. The van der Waals surface area contributed by atoms with E-state index in [-0.39, 0.29) is 159 Å². The molecule has 38 nitrogen and oxygen atoms in total. The summed E-state index contributed by atoms with van der Waals surface area (Å²) in [6.07, 6.45) is 25.4. The third kappa shape index (κ3) is 54.0. The molecule has 108 heavy (non-hydrogen) atoms. The summed E-state index contributed by atoms with van der Waals surface area (Å²) in [5.74, 6) is -10.5. The van der Waals surface area contributed by atoms with Gasteiger partial charge in [-0.3, -0.25) is 59.8 Å². The molecule has 0 aliphatic rings. The third-order valence-corrected chi connectivity index (χ3v) is 10.3. The number of nitrogens with zero attached hydrogens (tertiary/aromatic N) is 16. The number of hydrogen-bond donors (Lipinski definition) is 0. The van der Waals surface area contributed by atoms with Crippen LogP contribution >= 0.6 is 0 Å². The first kappa shape index (κ1) is 113. The van der Waals surface area contributed by atoms with E-state index in [1.54, 1.807) is 147 Å². The van der Waals surface area contributed by atoms with Gasteiger partial charge < -0.3 is 113 Å². The second-order valence-corrected chi connectivity index (χ2v) is 17.2. The number of pyridine rings is 12. The summed E-state index contributed by atoms with van der Waals surface area (Å²) in [6.45, 7) is 0. The summed E-state index contributed by atoms with van der Waals surface area (Å²) in [4.78, 5) is 78.2. The summed E-state index contributed by atoms with van der Waals surface area (Å²) in [6, 6.07) is 60.2. The van der Waals surface area contributed by atoms with Crippen LogP contribution < -0.4 is 40.9 Å². The predicted octanol–water partition coefficient (Wildman–Crippen LogP) is 0.711. The molecule has 0 aliphatic carbocycles. The molecule has 12 aromatic heterocycles. The molecule has 12 aromatic rings. The van der Waals surface area contributed by atoms with Gasteiger partial charge >= 0.3 is 102 Å². The molecular weight excluding hydrogens is 1670 g/mol. The van der Waals surface area contributed by atoms with Crippen LogP contribution in [0.2, 0.25) is 0 Å². The summed E-state index contributed by atoms with van der Waals surface area (Å²) >= 11 is 0. The van der Waals surface area contributed by atoms with Crippen molar-refractivity contribution in [3.63, 3.8) is 0 Å². The van der Waals surface area contributed by atoms with Crippen LogP contribution in [-0.4, -0.2) is 80.2 Å². The van der Waals surface area contributed by atoms with Crippen molar-refractivity contribution in [2.45, 2.75) is 23.1 Å². The van der Waals surface area contributed by atoms with E-state index >= 15 is 0 Å². The minimum absolute atomic E-state index is 0. The number of aromatic nitrogens is 12. The van der Waals surface area contributed by atoms with Crippen molar-refractivity contribution in [2.24, 2.45) is 0 Å². The van der Waals surface area contributed by atoms with Crippen LogP contribution in [0.1, 0.15) is 45.6 Å². The van der Waals surface area contributed by atoms with Crippen molar-refractivity contribution in [3.05, 3.63) is 424 Å². The van der Waals surface area contributed by atoms with Gasteiger partial charge in [0.05, 0.1) is 20.3 Å². The van der Waals surface area contributed by atoms with Crippen molar-refractivity contribution in [3.8, 4) is 0 Å². The molecule has 0 spiro atoms. The predicted molar refractivity (Wildman–Crippen MR) is 337 cm³/mol. The van der Waals surface area contributed by atoms with Gasteiger partial charge in [0.2, 0.25) is 0 Å². The third-order valence-electron chi connectivity index (χ3n) is 10.3. The Morgan fingerprint density at radius 1 is 0.194 bits per heavy atom. The molecule has 0 saturated heterocycles. The van der Waals surface area contributed by atoms with E-state index in [0.717, 1.165) is 0 Å². The molecule has 562 valence electrons. The first-order valence-corrected chi connectivity index (χ1v) is 27.4. The van der Waals surface area contributed by atoms with Crippen molar-refractivity contribution < 1.29 is 175 Å². The Morgan fingerprint density at radius 2 is 0.287 bits per heavy atom. The Labute approximate surface area is 677 Å². The summed E-state index contributed by atoms with van der Waals surface area (Å²) < 4.78 is 0. The van der Waals surface area contributed by atoms with E-state index in [9.17, 15) is 40.9 Å². The van der Waals surface area contributed by atoms with E-state index < -0.39 is 43.5 Å². The molecule has 0 bridgehead atoms. The Kier molecular flexibility index (Phi) is 71.4. The van der Waals surface area contributed by atoms with Gasteiger partial charge in [0, 0.05) is 145 Å².